The number of imidazole rings is 2. The van der Waals surface area contributed by atoms with Crippen LogP contribution in [0.2, 0.25) is 0 Å². The fraction of sp³-hybridized carbons (Fsp3) is 0.415. The molecule has 17 nitrogen and oxygen atoms in total. The Morgan fingerprint density at radius 1 is 0.741 bits per heavy atom. The molecule has 5 atom stereocenters. The van der Waals surface area contributed by atoms with Gasteiger partial charge in [-0.15, -0.1) is 10.2 Å². The summed E-state index contributed by atoms with van der Waals surface area (Å²) in [6, 6.07) is 14.0. The molecule has 304 valence electrons. The Morgan fingerprint density at radius 2 is 1.29 bits per heavy atom. The van der Waals surface area contributed by atoms with Crippen LogP contribution < -0.4 is 10.6 Å². The Morgan fingerprint density at radius 3 is 1.90 bits per heavy atom. The Balaban J connectivity index is 1.02. The lowest BCUT2D eigenvalue weighted by atomic mass is 10.0. The second-order valence-electron chi connectivity index (χ2n) is 14.5. The SMILES string of the molecule is CCC(NC(=O)OC)C(=O)N1CCCC1c1ncc(-c2ccc(-c3ccc4cc(-c5cnc(C6CCCN6C(=O)C(NC(=O)OC)C(C)OC)[nH]5)ccc4c3)nn2)[nH]1. The van der Waals surface area contributed by atoms with E-state index in [2.05, 4.69) is 59.0 Å². The van der Waals surface area contributed by atoms with Crippen LogP contribution in [0, 0.1) is 0 Å². The first-order valence-corrected chi connectivity index (χ1v) is 19.4. The van der Waals surface area contributed by atoms with Gasteiger partial charge in [0.15, 0.2) is 0 Å². The number of carbonyl (C=O) groups excluding carboxylic acids is 4. The molecule has 4 N–H and O–H groups in total. The first kappa shape index (κ1) is 39.9. The standard InChI is InChI=1S/C41H48N10O7/c1-6-28(46-40(54)57-4)38(52)50-17-7-9-33(50)37-43-22-32(45-37)30-16-15-29(48-49-30)26-13-11-25-20-27(14-12-24(25)19-26)31-21-42-36(44-31)34-10-8-18-51(34)39(53)35(23(2)56-3)47-41(55)58-5/h11-16,19-23,28,33-35H,6-10,17-18H2,1-5H3,(H,42,44)(H,43,45)(H,46,54)(H,47,55). The van der Waals surface area contributed by atoms with Gasteiger partial charge >= 0.3 is 12.2 Å². The molecule has 5 heterocycles. The highest BCUT2D eigenvalue weighted by atomic mass is 16.5. The molecule has 5 aromatic rings. The van der Waals surface area contributed by atoms with Crippen molar-refractivity contribution in [3.8, 4) is 33.9 Å². The van der Waals surface area contributed by atoms with Crippen LogP contribution in [-0.2, 0) is 23.8 Å². The first-order valence-electron chi connectivity index (χ1n) is 19.4. The van der Waals surface area contributed by atoms with Gasteiger partial charge < -0.3 is 44.6 Å². The number of hydrogen-bond donors (Lipinski definition) is 4. The Kier molecular flexibility index (Phi) is 12.0. The van der Waals surface area contributed by atoms with Crippen molar-refractivity contribution in [3.05, 3.63) is 72.6 Å². The van der Waals surface area contributed by atoms with Crippen LogP contribution in [0.1, 0.15) is 69.7 Å². The van der Waals surface area contributed by atoms with Gasteiger partial charge in [-0.25, -0.2) is 19.6 Å². The number of hydrogen-bond acceptors (Lipinski definition) is 11. The molecule has 3 aromatic heterocycles. The van der Waals surface area contributed by atoms with Crippen molar-refractivity contribution in [1.29, 1.82) is 0 Å². The smallest absolute Gasteiger partial charge is 0.407 e. The van der Waals surface area contributed by atoms with Crippen molar-refractivity contribution in [2.45, 2.75) is 76.2 Å². The summed E-state index contributed by atoms with van der Waals surface area (Å²) >= 11 is 0. The summed E-state index contributed by atoms with van der Waals surface area (Å²) in [6.07, 6.45) is 5.14. The zero-order valence-electron chi connectivity index (χ0n) is 33.2. The molecule has 2 aliphatic heterocycles. The predicted octanol–water partition coefficient (Wildman–Crippen LogP) is 5.30. The average molecular weight is 793 g/mol. The second kappa shape index (κ2) is 17.4. The van der Waals surface area contributed by atoms with Gasteiger partial charge in [0, 0.05) is 31.3 Å². The summed E-state index contributed by atoms with van der Waals surface area (Å²) in [4.78, 5) is 70.4. The topological polar surface area (TPSA) is 210 Å². The van der Waals surface area contributed by atoms with E-state index >= 15 is 0 Å². The van der Waals surface area contributed by atoms with E-state index in [-0.39, 0.29) is 23.9 Å². The van der Waals surface area contributed by atoms with Crippen LogP contribution >= 0.6 is 0 Å². The van der Waals surface area contributed by atoms with Gasteiger partial charge in [-0.05, 0) is 74.1 Å². The monoisotopic (exact) mass is 792 g/mol. The normalized spacial score (nSPS) is 18.2. The number of aromatic amines is 2. The summed E-state index contributed by atoms with van der Waals surface area (Å²) in [7, 11) is 4.02. The van der Waals surface area contributed by atoms with E-state index in [1.807, 2.05) is 37.3 Å². The van der Waals surface area contributed by atoms with Crippen LogP contribution in [0.5, 0.6) is 0 Å². The number of nitrogens with one attached hydrogen (secondary N) is 4. The number of carbonyl (C=O) groups is 4. The molecule has 2 aliphatic rings. The molecular weight excluding hydrogens is 745 g/mol. The Hall–Kier alpha value is -6.36. The Labute approximate surface area is 335 Å². The molecule has 4 amide bonds. The van der Waals surface area contributed by atoms with Gasteiger partial charge in [0.05, 0.1) is 61.9 Å². The largest absolute Gasteiger partial charge is 0.453 e. The molecule has 2 saturated heterocycles. The van der Waals surface area contributed by atoms with E-state index in [1.165, 1.54) is 21.3 Å². The Bertz CT molecular complexity index is 2270. The summed E-state index contributed by atoms with van der Waals surface area (Å²) in [6.45, 7) is 4.68. The lowest BCUT2D eigenvalue weighted by Crippen LogP contribution is -2.54. The summed E-state index contributed by atoms with van der Waals surface area (Å²) in [5.41, 5.74) is 4.70. The number of nitrogens with zero attached hydrogens (tertiary/aromatic N) is 6. The summed E-state index contributed by atoms with van der Waals surface area (Å²) in [5.74, 6) is 0.916. The molecule has 2 fully saturated rings. The minimum atomic E-state index is -0.904. The van der Waals surface area contributed by atoms with Gasteiger partial charge in [0.2, 0.25) is 11.8 Å². The van der Waals surface area contributed by atoms with Crippen LogP contribution in [0.25, 0.3) is 44.7 Å². The number of benzene rings is 2. The van der Waals surface area contributed by atoms with Gasteiger partial charge in [0.25, 0.3) is 0 Å². The van der Waals surface area contributed by atoms with Crippen LogP contribution in [0.3, 0.4) is 0 Å². The molecule has 0 spiro atoms. The number of fused-ring (bicyclic) bond motifs is 1. The lowest BCUT2D eigenvalue weighted by molar-refractivity contribution is -0.137. The molecule has 0 radical (unpaired) electrons. The predicted molar refractivity (Wildman–Crippen MR) is 213 cm³/mol. The van der Waals surface area contributed by atoms with Crippen LogP contribution in [0.4, 0.5) is 9.59 Å². The number of rotatable bonds is 12. The molecule has 5 unspecified atom stereocenters. The molecule has 0 aliphatic carbocycles. The molecule has 58 heavy (non-hydrogen) atoms. The molecule has 17 heteroatoms. The molecule has 0 saturated carbocycles. The zero-order valence-corrected chi connectivity index (χ0v) is 33.2. The third-order valence-corrected chi connectivity index (χ3v) is 11.0. The number of aromatic nitrogens is 6. The number of H-pyrrole nitrogens is 2. The maximum absolute atomic E-state index is 13.6. The third kappa shape index (κ3) is 8.20. The number of methoxy groups -OCH3 is 3. The second-order valence-corrected chi connectivity index (χ2v) is 14.5. The highest BCUT2D eigenvalue weighted by molar-refractivity contribution is 5.90. The highest BCUT2D eigenvalue weighted by Crippen LogP contribution is 2.35. The number of likely N-dealkylation sites (tertiary alicyclic amines) is 2. The first-order chi connectivity index (χ1) is 28.1. The maximum atomic E-state index is 13.6. The molecule has 0 bridgehead atoms. The van der Waals surface area contributed by atoms with E-state index in [0.717, 1.165) is 53.3 Å². The summed E-state index contributed by atoms with van der Waals surface area (Å²) < 4.78 is 14.8. The highest BCUT2D eigenvalue weighted by Gasteiger charge is 2.39. The van der Waals surface area contributed by atoms with Crippen molar-refractivity contribution >= 4 is 34.8 Å². The number of alkyl carbamates (subject to hydrolysis) is 2. The minimum absolute atomic E-state index is 0.166. The average Bonchev–Trinajstić information content (AvgIpc) is 4.10. The van der Waals surface area contributed by atoms with Gasteiger partial charge in [-0.1, -0.05) is 31.2 Å². The fourth-order valence-corrected chi connectivity index (χ4v) is 7.74. The zero-order chi connectivity index (χ0) is 40.9. The van der Waals surface area contributed by atoms with Crippen LogP contribution in [0.15, 0.2) is 60.9 Å². The van der Waals surface area contributed by atoms with Crippen molar-refractivity contribution in [2.75, 3.05) is 34.4 Å². The van der Waals surface area contributed by atoms with E-state index < -0.39 is 30.4 Å². The van der Waals surface area contributed by atoms with Crippen molar-refractivity contribution in [2.24, 2.45) is 0 Å². The number of ether oxygens (including phenoxy) is 3. The van der Waals surface area contributed by atoms with Crippen molar-refractivity contribution in [3.63, 3.8) is 0 Å². The quantitative estimate of drug-likeness (QED) is 0.127. The molecule has 2 aromatic carbocycles. The lowest BCUT2D eigenvalue weighted by Gasteiger charge is -2.30. The molecular formula is C41H48N10O7. The fourth-order valence-electron chi connectivity index (χ4n) is 7.74. The van der Waals surface area contributed by atoms with E-state index in [1.54, 1.807) is 29.1 Å². The van der Waals surface area contributed by atoms with Crippen LogP contribution in [-0.4, -0.2) is 117 Å². The van der Waals surface area contributed by atoms with E-state index in [9.17, 15) is 19.2 Å². The third-order valence-electron chi connectivity index (χ3n) is 11.0. The van der Waals surface area contributed by atoms with Gasteiger partial charge in [-0.3, -0.25) is 9.59 Å². The minimum Gasteiger partial charge on any atom is -0.453 e. The van der Waals surface area contributed by atoms with E-state index in [4.69, 9.17) is 14.2 Å². The molecule has 7 rings (SSSR count). The summed E-state index contributed by atoms with van der Waals surface area (Å²) in [5, 5.41) is 16.3. The van der Waals surface area contributed by atoms with E-state index in [0.29, 0.717) is 48.2 Å². The van der Waals surface area contributed by atoms with Gasteiger partial charge in [-0.2, -0.15) is 0 Å². The van der Waals surface area contributed by atoms with Crippen molar-refractivity contribution in [1.82, 2.24) is 50.6 Å². The van der Waals surface area contributed by atoms with Crippen molar-refractivity contribution < 1.29 is 33.4 Å². The maximum Gasteiger partial charge on any atom is 0.407 e. The number of amides is 4. The van der Waals surface area contributed by atoms with Gasteiger partial charge in [0.1, 0.15) is 29.4 Å².